The molecule has 31 heavy (non-hydrogen) atoms. The van der Waals surface area contributed by atoms with E-state index in [4.69, 9.17) is 0 Å². The molecule has 2 aliphatic rings. The summed E-state index contributed by atoms with van der Waals surface area (Å²) in [6.07, 6.45) is 1.79. The molecule has 2 aromatic carbocycles. The van der Waals surface area contributed by atoms with Crippen LogP contribution in [-0.2, 0) is 16.1 Å². The fourth-order valence-corrected chi connectivity index (χ4v) is 5.86. The topological polar surface area (TPSA) is 52.7 Å². The third-order valence-electron chi connectivity index (χ3n) is 5.98. The average Bonchev–Trinajstić information content (AvgIpc) is 3.22. The SMILES string of the molecule is CC(=O)N1C(C(=O)NC2CCN(Cc3ccccc3)CC2)CSC1c1cccc(F)c1. The monoisotopic (exact) mass is 441 g/mol. The van der Waals surface area contributed by atoms with Gasteiger partial charge in [-0.15, -0.1) is 11.8 Å². The molecule has 0 aromatic heterocycles. The van der Waals surface area contributed by atoms with Gasteiger partial charge in [0.1, 0.15) is 17.2 Å². The lowest BCUT2D eigenvalue weighted by molar-refractivity contribution is -0.138. The second kappa shape index (κ2) is 9.83. The summed E-state index contributed by atoms with van der Waals surface area (Å²) in [6, 6.07) is 16.3. The van der Waals surface area contributed by atoms with Gasteiger partial charge in [0.2, 0.25) is 11.8 Å². The Morgan fingerprint density at radius 2 is 1.84 bits per heavy atom. The Balaban J connectivity index is 1.33. The minimum Gasteiger partial charge on any atom is -0.351 e. The summed E-state index contributed by atoms with van der Waals surface area (Å²) in [7, 11) is 0. The van der Waals surface area contributed by atoms with Crippen molar-refractivity contribution >= 4 is 23.6 Å². The van der Waals surface area contributed by atoms with Crippen molar-refractivity contribution in [3.63, 3.8) is 0 Å². The van der Waals surface area contributed by atoms with Gasteiger partial charge in [0.05, 0.1) is 0 Å². The zero-order valence-electron chi connectivity index (χ0n) is 17.7. The van der Waals surface area contributed by atoms with Crippen LogP contribution in [0.2, 0.25) is 0 Å². The number of benzene rings is 2. The summed E-state index contributed by atoms with van der Waals surface area (Å²) in [5.74, 6) is -0.101. The average molecular weight is 442 g/mol. The standard InChI is InChI=1S/C24H28FN3O2S/c1-17(29)28-22(16-31-24(28)19-8-5-9-20(25)14-19)23(30)26-21-10-12-27(13-11-21)15-18-6-3-2-4-7-18/h2-9,14,21-22,24H,10-13,15-16H2,1H3,(H,26,30). The zero-order valence-corrected chi connectivity index (χ0v) is 18.5. The van der Waals surface area contributed by atoms with E-state index >= 15 is 0 Å². The number of nitrogens with zero attached hydrogens (tertiary/aromatic N) is 2. The number of carbonyl (C=O) groups excluding carboxylic acids is 2. The molecule has 0 spiro atoms. The molecule has 7 heteroatoms. The number of rotatable bonds is 5. The van der Waals surface area contributed by atoms with Gasteiger partial charge in [-0.1, -0.05) is 42.5 Å². The van der Waals surface area contributed by atoms with E-state index in [1.165, 1.54) is 36.4 Å². The molecule has 0 saturated carbocycles. The van der Waals surface area contributed by atoms with Crippen LogP contribution in [0.25, 0.3) is 0 Å². The van der Waals surface area contributed by atoms with Crippen molar-refractivity contribution in [2.75, 3.05) is 18.8 Å². The Kier molecular flexibility index (Phi) is 6.92. The lowest BCUT2D eigenvalue weighted by atomic mass is 10.0. The maximum atomic E-state index is 13.7. The van der Waals surface area contributed by atoms with Crippen LogP contribution in [0.3, 0.4) is 0 Å². The van der Waals surface area contributed by atoms with Crippen molar-refractivity contribution in [2.24, 2.45) is 0 Å². The predicted molar refractivity (Wildman–Crippen MR) is 121 cm³/mol. The van der Waals surface area contributed by atoms with Crippen LogP contribution in [0.4, 0.5) is 4.39 Å². The molecule has 0 aliphatic carbocycles. The van der Waals surface area contributed by atoms with Gasteiger partial charge in [-0.2, -0.15) is 0 Å². The lowest BCUT2D eigenvalue weighted by Crippen LogP contribution is -2.52. The second-order valence-corrected chi connectivity index (χ2v) is 9.34. The van der Waals surface area contributed by atoms with Crippen LogP contribution in [0.15, 0.2) is 54.6 Å². The number of carbonyl (C=O) groups is 2. The summed E-state index contributed by atoms with van der Waals surface area (Å²) in [5, 5.41) is 2.83. The van der Waals surface area contributed by atoms with Crippen LogP contribution in [0.1, 0.15) is 36.3 Å². The summed E-state index contributed by atoms with van der Waals surface area (Å²) in [6.45, 7) is 4.26. The maximum absolute atomic E-state index is 13.7. The van der Waals surface area contributed by atoms with E-state index in [0.29, 0.717) is 11.3 Å². The third-order valence-corrected chi connectivity index (χ3v) is 7.31. The molecular weight excluding hydrogens is 413 g/mol. The molecule has 2 aliphatic heterocycles. The molecule has 0 radical (unpaired) electrons. The molecule has 2 saturated heterocycles. The maximum Gasteiger partial charge on any atom is 0.243 e. The van der Waals surface area contributed by atoms with Crippen molar-refractivity contribution in [1.82, 2.24) is 15.1 Å². The van der Waals surface area contributed by atoms with Gasteiger partial charge in [-0.3, -0.25) is 14.5 Å². The minimum absolute atomic E-state index is 0.108. The Bertz CT molecular complexity index is 918. The quantitative estimate of drug-likeness (QED) is 0.771. The first-order chi connectivity index (χ1) is 15.0. The number of piperidine rings is 1. The van der Waals surface area contributed by atoms with E-state index in [0.717, 1.165) is 32.5 Å². The molecule has 2 amide bonds. The van der Waals surface area contributed by atoms with Gasteiger partial charge < -0.3 is 10.2 Å². The summed E-state index contributed by atoms with van der Waals surface area (Å²) >= 11 is 1.51. The number of hydrogen-bond donors (Lipinski definition) is 1. The van der Waals surface area contributed by atoms with Crippen molar-refractivity contribution in [3.05, 3.63) is 71.5 Å². The molecule has 0 bridgehead atoms. The van der Waals surface area contributed by atoms with E-state index in [9.17, 15) is 14.0 Å². The highest BCUT2D eigenvalue weighted by molar-refractivity contribution is 7.99. The highest BCUT2D eigenvalue weighted by atomic mass is 32.2. The third kappa shape index (κ3) is 5.28. The van der Waals surface area contributed by atoms with Crippen molar-refractivity contribution in [3.8, 4) is 0 Å². The largest absolute Gasteiger partial charge is 0.351 e. The molecule has 2 atom stereocenters. The van der Waals surface area contributed by atoms with Crippen molar-refractivity contribution in [2.45, 2.75) is 43.8 Å². The van der Waals surface area contributed by atoms with Crippen LogP contribution in [0, 0.1) is 5.82 Å². The first-order valence-corrected chi connectivity index (χ1v) is 11.8. The van der Waals surface area contributed by atoms with Crippen LogP contribution < -0.4 is 5.32 Å². The molecule has 2 aromatic rings. The predicted octanol–water partition coefficient (Wildman–Crippen LogP) is 3.57. The summed E-state index contributed by atoms with van der Waals surface area (Å²) in [5.41, 5.74) is 2.01. The van der Waals surface area contributed by atoms with E-state index in [2.05, 4.69) is 34.5 Å². The Morgan fingerprint density at radius 1 is 1.10 bits per heavy atom. The number of hydrogen-bond acceptors (Lipinski definition) is 4. The lowest BCUT2D eigenvalue weighted by Gasteiger charge is -2.34. The smallest absolute Gasteiger partial charge is 0.243 e. The second-order valence-electron chi connectivity index (χ2n) is 8.23. The normalized spacial score (nSPS) is 22.5. The van der Waals surface area contributed by atoms with Gasteiger partial charge in [0.15, 0.2) is 0 Å². The van der Waals surface area contributed by atoms with Gasteiger partial charge >= 0.3 is 0 Å². The molecule has 4 rings (SSSR count). The highest BCUT2D eigenvalue weighted by Crippen LogP contribution is 2.41. The number of amides is 2. The van der Waals surface area contributed by atoms with Crippen LogP contribution >= 0.6 is 11.8 Å². The number of thioether (sulfide) groups is 1. The minimum atomic E-state index is -0.530. The fraction of sp³-hybridized carbons (Fsp3) is 0.417. The molecule has 1 N–H and O–H groups in total. The first kappa shape index (κ1) is 21.8. The number of nitrogens with one attached hydrogen (secondary N) is 1. The van der Waals surface area contributed by atoms with E-state index < -0.39 is 6.04 Å². The van der Waals surface area contributed by atoms with Crippen molar-refractivity contribution < 1.29 is 14.0 Å². The molecule has 2 unspecified atom stereocenters. The van der Waals surface area contributed by atoms with E-state index in [1.807, 2.05) is 6.07 Å². The zero-order chi connectivity index (χ0) is 21.8. The van der Waals surface area contributed by atoms with E-state index in [-0.39, 0.29) is 29.0 Å². The van der Waals surface area contributed by atoms with Gasteiger partial charge in [-0.05, 0) is 36.1 Å². The summed E-state index contributed by atoms with van der Waals surface area (Å²) < 4.78 is 13.7. The van der Waals surface area contributed by atoms with Gasteiger partial charge in [0.25, 0.3) is 0 Å². The summed E-state index contributed by atoms with van der Waals surface area (Å²) in [4.78, 5) is 29.4. The van der Waals surface area contributed by atoms with Crippen molar-refractivity contribution in [1.29, 1.82) is 0 Å². The molecule has 5 nitrogen and oxygen atoms in total. The Hall–Kier alpha value is -2.38. The highest BCUT2D eigenvalue weighted by Gasteiger charge is 2.41. The first-order valence-electron chi connectivity index (χ1n) is 10.7. The number of halogens is 1. The molecule has 164 valence electrons. The van der Waals surface area contributed by atoms with E-state index in [1.54, 1.807) is 17.0 Å². The van der Waals surface area contributed by atoms with Crippen LogP contribution in [-0.4, -0.2) is 52.5 Å². The Morgan fingerprint density at radius 3 is 2.52 bits per heavy atom. The molecule has 2 heterocycles. The van der Waals surface area contributed by atoms with Gasteiger partial charge in [-0.25, -0.2) is 4.39 Å². The molecule has 2 fully saturated rings. The molecular formula is C24H28FN3O2S. The number of likely N-dealkylation sites (tertiary alicyclic amines) is 1. The fourth-order valence-electron chi connectivity index (χ4n) is 4.38. The Labute approximate surface area is 187 Å². The van der Waals surface area contributed by atoms with Gasteiger partial charge in [0, 0.05) is 38.4 Å². The van der Waals surface area contributed by atoms with Crippen LogP contribution in [0.5, 0.6) is 0 Å².